The van der Waals surface area contributed by atoms with Crippen molar-refractivity contribution in [2.75, 3.05) is 38.0 Å². The largest absolute Gasteiger partial charge is 0.491 e. The molecule has 1 aromatic carbocycles. The first-order valence-corrected chi connectivity index (χ1v) is 9.13. The zero-order chi connectivity index (χ0) is 16.9. The molecule has 2 fully saturated rings. The van der Waals surface area contributed by atoms with Gasteiger partial charge in [-0.15, -0.1) is 0 Å². The molecule has 0 saturated carbocycles. The van der Waals surface area contributed by atoms with Gasteiger partial charge in [0.2, 0.25) is 5.91 Å². The van der Waals surface area contributed by atoms with E-state index in [1.807, 2.05) is 38.1 Å². The molecular formula is C19H29N3O2. The number of amides is 1. The van der Waals surface area contributed by atoms with Crippen LogP contribution >= 0.6 is 0 Å². The lowest BCUT2D eigenvalue weighted by Crippen LogP contribution is -2.55. The zero-order valence-corrected chi connectivity index (χ0v) is 14.8. The van der Waals surface area contributed by atoms with Gasteiger partial charge in [0, 0.05) is 31.4 Å². The molecule has 0 radical (unpaired) electrons. The van der Waals surface area contributed by atoms with Crippen molar-refractivity contribution in [3.8, 4) is 5.75 Å². The van der Waals surface area contributed by atoms with E-state index in [1.165, 1.54) is 25.8 Å². The third-order valence-electron chi connectivity index (χ3n) is 4.80. The fourth-order valence-corrected chi connectivity index (χ4v) is 3.66. The smallest absolute Gasteiger partial charge is 0.238 e. The normalized spacial score (nSPS) is 22.2. The Kier molecular flexibility index (Phi) is 5.74. The van der Waals surface area contributed by atoms with Gasteiger partial charge in [0.05, 0.1) is 12.6 Å². The van der Waals surface area contributed by atoms with Crippen molar-refractivity contribution in [1.82, 2.24) is 9.80 Å². The fraction of sp³-hybridized carbons (Fsp3) is 0.632. The Morgan fingerprint density at radius 2 is 2.00 bits per heavy atom. The van der Waals surface area contributed by atoms with E-state index in [9.17, 15) is 4.79 Å². The Balaban J connectivity index is 1.47. The van der Waals surface area contributed by atoms with Gasteiger partial charge in [-0.3, -0.25) is 14.6 Å². The van der Waals surface area contributed by atoms with Crippen LogP contribution in [0.15, 0.2) is 24.3 Å². The summed E-state index contributed by atoms with van der Waals surface area (Å²) in [7, 11) is 0. The summed E-state index contributed by atoms with van der Waals surface area (Å²) in [6, 6.07) is 8.24. The van der Waals surface area contributed by atoms with Gasteiger partial charge in [0.25, 0.3) is 0 Å². The molecule has 1 N–H and O–H groups in total. The Morgan fingerprint density at radius 1 is 1.21 bits per heavy atom. The minimum Gasteiger partial charge on any atom is -0.491 e. The summed E-state index contributed by atoms with van der Waals surface area (Å²) < 4.78 is 5.62. The van der Waals surface area contributed by atoms with Crippen LogP contribution in [0.4, 0.5) is 5.69 Å². The molecule has 2 saturated heterocycles. The van der Waals surface area contributed by atoms with Crippen molar-refractivity contribution in [2.45, 2.75) is 45.3 Å². The number of benzene rings is 1. The molecule has 0 spiro atoms. The first-order chi connectivity index (χ1) is 11.6. The highest BCUT2D eigenvalue weighted by molar-refractivity contribution is 5.92. The number of anilines is 1. The second-order valence-corrected chi connectivity index (χ2v) is 7.16. The molecule has 5 nitrogen and oxygen atoms in total. The molecule has 5 heteroatoms. The van der Waals surface area contributed by atoms with Crippen LogP contribution in [0.2, 0.25) is 0 Å². The summed E-state index contributed by atoms with van der Waals surface area (Å²) in [6.45, 7) is 8.83. The molecule has 2 heterocycles. The van der Waals surface area contributed by atoms with E-state index in [2.05, 4.69) is 15.1 Å². The van der Waals surface area contributed by atoms with E-state index in [0.717, 1.165) is 31.1 Å². The molecule has 0 aliphatic carbocycles. The van der Waals surface area contributed by atoms with Crippen LogP contribution in [-0.2, 0) is 4.79 Å². The summed E-state index contributed by atoms with van der Waals surface area (Å²) in [6.07, 6.45) is 4.08. The van der Waals surface area contributed by atoms with Gasteiger partial charge in [-0.2, -0.15) is 0 Å². The predicted octanol–water partition coefficient (Wildman–Crippen LogP) is 2.58. The average molecular weight is 331 g/mol. The summed E-state index contributed by atoms with van der Waals surface area (Å²) in [5.74, 6) is 0.896. The van der Waals surface area contributed by atoms with Crippen molar-refractivity contribution in [3.63, 3.8) is 0 Å². The lowest BCUT2D eigenvalue weighted by Gasteiger charge is -2.43. The monoisotopic (exact) mass is 331 g/mol. The van der Waals surface area contributed by atoms with Gasteiger partial charge in [-0.05, 0) is 57.5 Å². The second-order valence-electron chi connectivity index (χ2n) is 7.16. The topological polar surface area (TPSA) is 44.8 Å². The fourth-order valence-electron chi connectivity index (χ4n) is 3.66. The zero-order valence-electron chi connectivity index (χ0n) is 14.8. The molecule has 0 unspecified atom stereocenters. The van der Waals surface area contributed by atoms with Crippen molar-refractivity contribution >= 4 is 11.6 Å². The van der Waals surface area contributed by atoms with Gasteiger partial charge in [-0.1, -0.05) is 6.42 Å². The Labute approximate surface area is 145 Å². The molecule has 132 valence electrons. The van der Waals surface area contributed by atoms with Crippen molar-refractivity contribution in [2.24, 2.45) is 0 Å². The molecule has 3 rings (SSSR count). The van der Waals surface area contributed by atoms with Crippen LogP contribution in [0.3, 0.4) is 0 Å². The minimum absolute atomic E-state index is 0.0665. The summed E-state index contributed by atoms with van der Waals surface area (Å²) in [5, 5.41) is 2.99. The van der Waals surface area contributed by atoms with E-state index >= 15 is 0 Å². The van der Waals surface area contributed by atoms with Crippen molar-refractivity contribution in [1.29, 1.82) is 0 Å². The molecule has 2 aliphatic heterocycles. The van der Waals surface area contributed by atoms with Crippen LogP contribution in [0, 0.1) is 0 Å². The molecular weight excluding hydrogens is 302 g/mol. The number of hydrogen-bond acceptors (Lipinski definition) is 4. The molecule has 1 atom stereocenters. The molecule has 24 heavy (non-hydrogen) atoms. The second kappa shape index (κ2) is 7.99. The highest BCUT2D eigenvalue weighted by atomic mass is 16.5. The number of carbonyl (C=O) groups excluding carboxylic acids is 1. The number of piperidine rings is 1. The maximum absolute atomic E-state index is 12.3. The number of nitrogens with one attached hydrogen (secondary N) is 1. The van der Waals surface area contributed by atoms with Gasteiger partial charge in [0.1, 0.15) is 5.75 Å². The quantitative estimate of drug-likeness (QED) is 0.901. The number of piperazine rings is 1. The Morgan fingerprint density at radius 3 is 2.75 bits per heavy atom. The standard InChI is InChI=1S/C19H29N3O2/c1-15(2)24-18-8-6-16(7-9-18)20-19(23)14-21-11-12-22-10-4-3-5-17(22)13-21/h6-9,15,17H,3-5,10-14H2,1-2H3,(H,20,23)/t17-/m1/s1. The third-order valence-corrected chi connectivity index (χ3v) is 4.80. The van der Waals surface area contributed by atoms with Crippen molar-refractivity contribution < 1.29 is 9.53 Å². The minimum atomic E-state index is 0.0665. The van der Waals surface area contributed by atoms with E-state index in [0.29, 0.717) is 12.6 Å². The number of nitrogens with zero attached hydrogens (tertiary/aromatic N) is 2. The number of hydrogen-bond donors (Lipinski definition) is 1. The summed E-state index contributed by atoms with van der Waals surface area (Å²) in [5.41, 5.74) is 0.826. The molecule has 1 amide bonds. The average Bonchev–Trinajstić information content (AvgIpc) is 2.56. The van der Waals surface area contributed by atoms with Crippen LogP contribution in [0.25, 0.3) is 0 Å². The van der Waals surface area contributed by atoms with E-state index in [1.54, 1.807) is 0 Å². The van der Waals surface area contributed by atoms with Gasteiger partial charge < -0.3 is 10.1 Å². The van der Waals surface area contributed by atoms with E-state index in [4.69, 9.17) is 4.74 Å². The first-order valence-electron chi connectivity index (χ1n) is 9.13. The maximum Gasteiger partial charge on any atom is 0.238 e. The van der Waals surface area contributed by atoms with Gasteiger partial charge in [0.15, 0.2) is 0 Å². The van der Waals surface area contributed by atoms with Gasteiger partial charge >= 0.3 is 0 Å². The maximum atomic E-state index is 12.3. The first kappa shape index (κ1) is 17.2. The number of rotatable bonds is 5. The van der Waals surface area contributed by atoms with Crippen molar-refractivity contribution in [3.05, 3.63) is 24.3 Å². The molecule has 0 aromatic heterocycles. The third kappa shape index (κ3) is 4.71. The number of fused-ring (bicyclic) bond motifs is 1. The molecule has 0 bridgehead atoms. The van der Waals surface area contributed by atoms with Crippen LogP contribution < -0.4 is 10.1 Å². The van der Waals surface area contributed by atoms with Crippen LogP contribution in [0.1, 0.15) is 33.1 Å². The van der Waals surface area contributed by atoms with Crippen LogP contribution in [0.5, 0.6) is 5.75 Å². The lowest BCUT2D eigenvalue weighted by molar-refractivity contribution is -0.118. The Bertz CT molecular complexity index is 544. The Hall–Kier alpha value is -1.59. The molecule has 1 aromatic rings. The highest BCUT2D eigenvalue weighted by Crippen LogP contribution is 2.21. The number of ether oxygens (including phenoxy) is 1. The van der Waals surface area contributed by atoms with Crippen LogP contribution in [-0.4, -0.2) is 60.6 Å². The lowest BCUT2D eigenvalue weighted by atomic mass is 9.99. The summed E-state index contributed by atoms with van der Waals surface area (Å²) in [4.78, 5) is 17.2. The summed E-state index contributed by atoms with van der Waals surface area (Å²) >= 11 is 0. The predicted molar refractivity (Wildman–Crippen MR) is 96.5 cm³/mol. The molecule has 2 aliphatic rings. The van der Waals surface area contributed by atoms with E-state index in [-0.39, 0.29) is 12.0 Å². The number of carbonyl (C=O) groups is 1. The van der Waals surface area contributed by atoms with E-state index < -0.39 is 0 Å². The SMILES string of the molecule is CC(C)Oc1ccc(NC(=O)CN2CCN3CCCC[C@@H]3C2)cc1. The highest BCUT2D eigenvalue weighted by Gasteiger charge is 2.29. The van der Waals surface area contributed by atoms with Gasteiger partial charge in [-0.25, -0.2) is 0 Å².